The molecule has 1 fully saturated rings. The van der Waals surface area contributed by atoms with E-state index in [1.807, 2.05) is 12.1 Å². The fraction of sp³-hybridized carbons (Fsp3) is 0.421. The summed E-state index contributed by atoms with van der Waals surface area (Å²) in [4.78, 5) is 15.5. The van der Waals surface area contributed by atoms with E-state index in [-0.39, 0.29) is 5.57 Å². The number of aliphatic hydroxyl groups excluding tert-OH is 1. The molecule has 0 aliphatic carbocycles. The Morgan fingerprint density at radius 3 is 2.88 bits per heavy atom. The molecule has 2 aliphatic rings. The van der Waals surface area contributed by atoms with E-state index in [9.17, 15) is 9.90 Å². The first kappa shape index (κ1) is 18.0. The summed E-state index contributed by atoms with van der Waals surface area (Å²) in [6.45, 7) is 3.19. The number of aliphatic hydroxyl groups is 1. The van der Waals surface area contributed by atoms with E-state index in [1.54, 1.807) is 17.4 Å². The number of rotatable bonds is 3. The van der Waals surface area contributed by atoms with Gasteiger partial charge in [-0.15, -0.1) is 11.3 Å². The van der Waals surface area contributed by atoms with E-state index in [1.165, 1.54) is 31.2 Å². The Labute approximate surface area is 164 Å². The van der Waals surface area contributed by atoms with Crippen molar-refractivity contribution in [1.82, 2.24) is 4.90 Å². The second-order valence-electron chi connectivity index (χ2n) is 6.60. The predicted molar refractivity (Wildman–Crippen MR) is 105 cm³/mol. The molecule has 1 N–H and O–H groups in total. The quantitative estimate of drug-likeness (QED) is 0.737. The van der Waals surface area contributed by atoms with E-state index < -0.39 is 12.3 Å². The van der Waals surface area contributed by atoms with Gasteiger partial charge in [-0.05, 0) is 47.9 Å². The lowest BCUT2D eigenvalue weighted by Gasteiger charge is -2.25. The average molecular weight is 438 g/mol. The summed E-state index contributed by atoms with van der Waals surface area (Å²) in [5.41, 5.74) is 0.894. The lowest BCUT2D eigenvalue weighted by Crippen LogP contribution is -2.28. The summed E-state index contributed by atoms with van der Waals surface area (Å²) < 4.78 is 12.5. The summed E-state index contributed by atoms with van der Waals surface area (Å²) in [7, 11) is 1.29. The Kier molecular flexibility index (Phi) is 5.05. The monoisotopic (exact) mass is 437 g/mol. The molecule has 138 valence electrons. The van der Waals surface area contributed by atoms with Gasteiger partial charge in [0.25, 0.3) is 0 Å². The highest BCUT2D eigenvalue weighted by Crippen LogP contribution is 2.45. The largest absolute Gasteiger partial charge is 0.465 e. The molecule has 2 aliphatic heterocycles. The summed E-state index contributed by atoms with van der Waals surface area (Å²) >= 11 is 5.42. The molecule has 0 spiro atoms. The van der Waals surface area contributed by atoms with Gasteiger partial charge < -0.3 is 14.6 Å². The molecule has 5 nitrogen and oxygen atoms in total. The number of esters is 1. The first-order valence-corrected chi connectivity index (χ1v) is 10.3. The zero-order valence-corrected chi connectivity index (χ0v) is 16.9. The van der Waals surface area contributed by atoms with Gasteiger partial charge in [-0.3, -0.25) is 4.90 Å². The number of carbonyl (C=O) groups excluding carboxylic acids is 1. The van der Waals surface area contributed by atoms with Crippen molar-refractivity contribution >= 4 is 49.4 Å². The summed E-state index contributed by atoms with van der Waals surface area (Å²) in [5, 5.41) is 11.3. The van der Waals surface area contributed by atoms with Gasteiger partial charge in [-0.2, -0.15) is 0 Å². The van der Waals surface area contributed by atoms with Crippen LogP contribution in [0.4, 0.5) is 0 Å². The normalized spacial score (nSPS) is 20.4. The Balaban J connectivity index is 1.73. The predicted octanol–water partition coefficient (Wildman–Crippen LogP) is 3.92. The third kappa shape index (κ3) is 3.17. The molecular formula is C19H20BrNO4S. The Hall–Kier alpha value is -1.41. The molecule has 0 amide bonds. The highest BCUT2D eigenvalue weighted by Gasteiger charge is 2.29. The number of piperidine rings is 1. The van der Waals surface area contributed by atoms with Crippen molar-refractivity contribution in [3.05, 3.63) is 32.6 Å². The van der Waals surface area contributed by atoms with Crippen molar-refractivity contribution in [2.24, 2.45) is 0 Å². The number of hydrogen-bond acceptors (Lipinski definition) is 6. The SMILES string of the molecule is COC(=O)C1=Cc2ccc3c(Br)c(CN4CCCCC4)sc3c2OC1O. The minimum Gasteiger partial charge on any atom is -0.465 e. The van der Waals surface area contributed by atoms with E-state index in [0.717, 1.165) is 39.8 Å². The number of thiophene rings is 1. The van der Waals surface area contributed by atoms with Crippen LogP contribution in [-0.2, 0) is 16.1 Å². The number of hydrogen-bond donors (Lipinski definition) is 1. The van der Waals surface area contributed by atoms with Gasteiger partial charge >= 0.3 is 5.97 Å². The van der Waals surface area contributed by atoms with Gasteiger partial charge in [0.1, 0.15) is 11.3 Å². The van der Waals surface area contributed by atoms with E-state index in [2.05, 4.69) is 20.8 Å². The Morgan fingerprint density at radius 1 is 1.38 bits per heavy atom. The second-order valence-corrected chi connectivity index (χ2v) is 8.50. The van der Waals surface area contributed by atoms with Crippen molar-refractivity contribution in [2.45, 2.75) is 32.1 Å². The molecule has 7 heteroatoms. The Morgan fingerprint density at radius 2 is 2.15 bits per heavy atom. The van der Waals surface area contributed by atoms with Crippen LogP contribution < -0.4 is 4.74 Å². The van der Waals surface area contributed by atoms with Gasteiger partial charge in [0, 0.05) is 26.8 Å². The van der Waals surface area contributed by atoms with Crippen LogP contribution >= 0.6 is 27.3 Å². The van der Waals surface area contributed by atoms with E-state index in [4.69, 9.17) is 9.47 Å². The highest BCUT2D eigenvalue weighted by molar-refractivity contribution is 9.10. The molecule has 26 heavy (non-hydrogen) atoms. The zero-order valence-electron chi connectivity index (χ0n) is 14.5. The maximum Gasteiger partial charge on any atom is 0.340 e. The summed E-state index contributed by atoms with van der Waals surface area (Å²) in [6.07, 6.45) is 4.17. The van der Waals surface area contributed by atoms with Crippen LogP contribution in [0.2, 0.25) is 0 Å². The van der Waals surface area contributed by atoms with Crippen molar-refractivity contribution < 1.29 is 19.4 Å². The van der Waals surface area contributed by atoms with Crippen LogP contribution in [0, 0.1) is 0 Å². The molecule has 0 bridgehead atoms. The molecule has 3 heterocycles. The van der Waals surface area contributed by atoms with Gasteiger partial charge in [0.2, 0.25) is 6.29 Å². The molecule has 2 aromatic rings. The average Bonchev–Trinajstić information content (AvgIpc) is 2.98. The number of fused-ring (bicyclic) bond motifs is 3. The number of methoxy groups -OCH3 is 1. The van der Waals surface area contributed by atoms with Crippen molar-refractivity contribution in [1.29, 1.82) is 0 Å². The van der Waals surface area contributed by atoms with Crippen LogP contribution in [-0.4, -0.2) is 42.5 Å². The maximum absolute atomic E-state index is 11.8. The summed E-state index contributed by atoms with van der Waals surface area (Å²) in [6, 6.07) is 3.94. The topological polar surface area (TPSA) is 59.0 Å². The van der Waals surface area contributed by atoms with Crippen LogP contribution in [0.1, 0.15) is 29.7 Å². The van der Waals surface area contributed by atoms with Gasteiger partial charge in [-0.1, -0.05) is 18.6 Å². The maximum atomic E-state index is 11.8. The molecule has 1 saturated heterocycles. The summed E-state index contributed by atoms with van der Waals surface area (Å²) in [5.74, 6) is 0.0413. The van der Waals surface area contributed by atoms with Crippen molar-refractivity contribution in [3.63, 3.8) is 0 Å². The Bertz CT molecular complexity index is 885. The lowest BCUT2D eigenvalue weighted by molar-refractivity contribution is -0.139. The molecular weight excluding hydrogens is 418 g/mol. The number of carbonyl (C=O) groups is 1. The van der Waals surface area contributed by atoms with Crippen LogP contribution in [0.5, 0.6) is 5.75 Å². The van der Waals surface area contributed by atoms with Crippen molar-refractivity contribution in [2.75, 3.05) is 20.2 Å². The standard InChI is InChI=1S/C19H20BrNO4S/c1-24-18(22)13-9-11-5-6-12-15(20)14(10-21-7-3-2-4-8-21)26-17(12)16(11)25-19(13)23/h5-6,9,19,23H,2-4,7-8,10H2,1H3. The van der Waals surface area contributed by atoms with E-state index >= 15 is 0 Å². The minimum absolute atomic E-state index is 0.114. The number of nitrogens with zero attached hydrogens (tertiary/aromatic N) is 1. The third-order valence-electron chi connectivity index (χ3n) is 4.89. The van der Waals surface area contributed by atoms with Gasteiger partial charge in [0.05, 0.1) is 11.8 Å². The molecule has 1 aromatic heterocycles. The zero-order chi connectivity index (χ0) is 18.3. The smallest absolute Gasteiger partial charge is 0.340 e. The van der Waals surface area contributed by atoms with Crippen LogP contribution in [0.3, 0.4) is 0 Å². The van der Waals surface area contributed by atoms with Gasteiger partial charge in [0.15, 0.2) is 0 Å². The first-order valence-electron chi connectivity index (χ1n) is 8.69. The van der Waals surface area contributed by atoms with E-state index in [0.29, 0.717) is 5.75 Å². The van der Waals surface area contributed by atoms with Crippen molar-refractivity contribution in [3.8, 4) is 5.75 Å². The molecule has 0 radical (unpaired) electrons. The molecule has 0 saturated carbocycles. The van der Waals surface area contributed by atoms with Gasteiger partial charge in [-0.25, -0.2) is 4.79 Å². The number of halogens is 1. The fourth-order valence-corrected chi connectivity index (χ4v) is 5.58. The molecule has 1 atom stereocenters. The van der Waals surface area contributed by atoms with Crippen LogP contribution in [0.15, 0.2) is 22.2 Å². The minimum atomic E-state index is -1.31. The van der Waals surface area contributed by atoms with Crippen LogP contribution in [0.25, 0.3) is 16.2 Å². The third-order valence-corrected chi connectivity index (χ3v) is 7.25. The lowest BCUT2D eigenvalue weighted by atomic mass is 10.0. The highest BCUT2D eigenvalue weighted by atomic mass is 79.9. The molecule has 1 unspecified atom stereocenters. The number of ether oxygens (including phenoxy) is 2. The number of likely N-dealkylation sites (tertiary alicyclic amines) is 1. The molecule has 4 rings (SSSR count). The first-order chi connectivity index (χ1) is 12.6. The fourth-order valence-electron chi connectivity index (χ4n) is 3.52. The second kappa shape index (κ2) is 7.31. The molecule has 1 aromatic carbocycles. The number of benzene rings is 1.